The fourth-order valence-corrected chi connectivity index (χ4v) is 11.3. The molecule has 8 rings (SSSR count). The average molecular weight is 1030 g/mol. The van der Waals surface area contributed by atoms with Crippen LogP contribution < -0.4 is 39.7 Å². The van der Waals surface area contributed by atoms with Crippen LogP contribution >= 0.6 is 0 Å². The van der Waals surface area contributed by atoms with Gasteiger partial charge in [-0.2, -0.15) is 30.1 Å². The topological polar surface area (TPSA) is 254 Å². The molecule has 4 amide bonds. The predicted molar refractivity (Wildman–Crippen MR) is 246 cm³/mol. The van der Waals surface area contributed by atoms with Crippen LogP contribution in [0.1, 0.15) is 60.5 Å². The van der Waals surface area contributed by atoms with Crippen molar-refractivity contribution in [2.75, 3.05) is 78.4 Å². The second-order valence-corrected chi connectivity index (χ2v) is 21.1. The van der Waals surface area contributed by atoms with E-state index < -0.39 is 80.7 Å². The fourth-order valence-electron chi connectivity index (χ4n) is 8.34. The number of nitrogens with one attached hydrogen (secondary N) is 2. The lowest BCUT2D eigenvalue weighted by Crippen LogP contribution is -2.48. The van der Waals surface area contributed by atoms with Crippen LogP contribution in [-0.2, 0) is 20.0 Å². The quantitative estimate of drug-likeness (QED) is 0.114. The van der Waals surface area contributed by atoms with E-state index in [4.69, 9.17) is 5.73 Å². The van der Waals surface area contributed by atoms with Gasteiger partial charge in [0.05, 0.1) is 53.5 Å². The minimum Gasteiger partial charge on any atom is -0.399 e. The fraction of sp³-hybridized carbons (Fsp3) is 0.429. The highest BCUT2D eigenvalue weighted by molar-refractivity contribution is 8.09. The summed E-state index contributed by atoms with van der Waals surface area (Å²) >= 11 is 0. The number of hydrogen-bond donors (Lipinski definition) is 3. The molecule has 28 heteroatoms. The molecule has 4 N–H and O–H groups in total. The van der Waals surface area contributed by atoms with Crippen molar-refractivity contribution < 1.29 is 62.4 Å². The number of Topliss-reactive ketones (excluding diaryl/α,β-unsaturated/α-hetero) is 2. The summed E-state index contributed by atoms with van der Waals surface area (Å²) in [6, 6.07) is 9.41. The Labute approximate surface area is 397 Å². The number of ketones is 2. The molecule has 0 saturated carbocycles. The number of amides is 4. The van der Waals surface area contributed by atoms with Gasteiger partial charge in [-0.15, -0.1) is 0 Å². The molecule has 4 aliphatic rings. The molecule has 376 valence electrons. The van der Waals surface area contributed by atoms with E-state index in [0.29, 0.717) is 68.6 Å². The Kier molecular flexibility index (Phi) is 14.0. The largest absolute Gasteiger partial charge is 0.399 e. The number of rotatable bonds is 11. The number of pyridine rings is 4. The SMILES string of the molecule is C[C@@H](CC(=O)c1ccc2c(n1)N(C(=O)Nc1cc(N(S(C)(=O)=O)S(C)(=O)=O)ccn1)[C@H]1CCN2C1)C(F)(F)F.C[C@@H](CC(=O)c1ccc2c(n1)N(C(=O)Nc1cc(N)ccn1)[C@H]1CCN2C1)C(F)(F)F. The molecule has 0 aliphatic carbocycles. The van der Waals surface area contributed by atoms with Gasteiger partial charge in [-0.1, -0.05) is 13.8 Å². The molecule has 2 fully saturated rings. The number of fused-ring (bicyclic) bond motifs is 8. The molecule has 4 atom stereocenters. The van der Waals surface area contributed by atoms with Crippen LogP contribution in [0.15, 0.2) is 60.9 Å². The van der Waals surface area contributed by atoms with Crippen molar-refractivity contribution in [1.82, 2.24) is 19.9 Å². The molecule has 4 bridgehead atoms. The lowest BCUT2D eigenvalue weighted by atomic mass is 10.0. The Morgan fingerprint density at radius 2 is 1.10 bits per heavy atom. The highest BCUT2D eigenvalue weighted by Crippen LogP contribution is 2.41. The number of sulfonamides is 2. The maximum Gasteiger partial charge on any atom is 0.391 e. The monoisotopic (exact) mass is 1020 g/mol. The summed E-state index contributed by atoms with van der Waals surface area (Å²) < 4.78 is 126. The van der Waals surface area contributed by atoms with Crippen LogP contribution in [0.5, 0.6) is 0 Å². The van der Waals surface area contributed by atoms with Crippen molar-refractivity contribution in [3.63, 3.8) is 0 Å². The molecule has 0 unspecified atom stereocenters. The van der Waals surface area contributed by atoms with Gasteiger partial charge in [-0.25, -0.2) is 46.4 Å². The highest BCUT2D eigenvalue weighted by atomic mass is 32.3. The average Bonchev–Trinajstić information content (AvgIpc) is 3.87. The van der Waals surface area contributed by atoms with Crippen molar-refractivity contribution >= 4 is 89.7 Å². The minimum atomic E-state index is -4.55. The van der Waals surface area contributed by atoms with E-state index in [-0.39, 0.29) is 56.1 Å². The number of nitrogen functional groups attached to an aromatic ring is 1. The predicted octanol–water partition coefficient (Wildman–Crippen LogP) is 6.07. The zero-order chi connectivity index (χ0) is 51.2. The summed E-state index contributed by atoms with van der Waals surface area (Å²) in [7, 11) is -8.49. The van der Waals surface area contributed by atoms with Crippen molar-refractivity contribution in [2.45, 2.75) is 64.0 Å². The molecule has 0 radical (unpaired) electrons. The van der Waals surface area contributed by atoms with Gasteiger partial charge in [0.15, 0.2) is 23.2 Å². The third kappa shape index (κ3) is 11.1. The Bertz CT molecular complexity index is 2920. The van der Waals surface area contributed by atoms with E-state index in [9.17, 15) is 62.4 Å². The molecule has 4 aromatic rings. The molecule has 0 aromatic carbocycles. The van der Waals surface area contributed by atoms with E-state index >= 15 is 0 Å². The number of nitrogens with zero attached hydrogens (tertiary/aromatic N) is 9. The molecule has 8 heterocycles. The Morgan fingerprint density at radius 3 is 1.50 bits per heavy atom. The first-order valence-electron chi connectivity index (χ1n) is 21.4. The first-order valence-corrected chi connectivity index (χ1v) is 25.1. The molecule has 0 spiro atoms. The lowest BCUT2D eigenvalue weighted by Gasteiger charge is -2.35. The number of carbonyl (C=O) groups excluding carboxylic acids is 4. The zero-order valence-electron chi connectivity index (χ0n) is 37.7. The van der Waals surface area contributed by atoms with Gasteiger partial charge in [0.1, 0.15) is 23.0 Å². The van der Waals surface area contributed by atoms with Crippen molar-refractivity contribution in [3.05, 3.63) is 72.3 Å². The maximum atomic E-state index is 13.4. The van der Waals surface area contributed by atoms with Crippen LogP contribution in [0, 0.1) is 11.8 Å². The van der Waals surface area contributed by atoms with E-state index in [0.717, 1.165) is 32.2 Å². The smallest absolute Gasteiger partial charge is 0.391 e. The second-order valence-electron chi connectivity index (χ2n) is 17.2. The van der Waals surface area contributed by atoms with Crippen LogP contribution in [0.25, 0.3) is 0 Å². The standard InChI is InChI=1S/C22H25F3N6O6S2.C20H21F3N6O2/c1-13(22(23,24)25)10-18(32)16-4-5-17-20(27-16)30(15-7-9-29(17)12-15)21(33)28-19-11-14(6-8-26-19)31(38(2,34)35)39(3,36)37;1-11(20(21,22)23)8-16(30)14-2-3-15-18(26-14)29(13-5-7-28(15)10-13)19(31)27-17-9-12(24)4-6-25-17/h4-6,8,11,13,15H,7,9-10,12H2,1-3H3,(H,26,28,33);2-4,6,9,11,13H,5,7-8,10H2,1H3,(H3,24,25,27,31)/t13-,15-;11-,13-/m00/s1. The summed E-state index contributed by atoms with van der Waals surface area (Å²) in [6.45, 7) is 4.19. The van der Waals surface area contributed by atoms with Crippen molar-refractivity contribution in [1.29, 1.82) is 0 Å². The maximum absolute atomic E-state index is 13.4. The van der Waals surface area contributed by atoms with Gasteiger partial charge in [0, 0.05) is 69.2 Å². The number of hydrogen-bond acceptors (Lipinski definition) is 15. The number of anilines is 8. The van der Waals surface area contributed by atoms with E-state index in [2.05, 4.69) is 30.6 Å². The van der Waals surface area contributed by atoms with E-state index in [1.165, 1.54) is 40.3 Å². The molecule has 4 aromatic heterocycles. The van der Waals surface area contributed by atoms with Crippen molar-refractivity contribution in [3.8, 4) is 0 Å². The van der Waals surface area contributed by atoms with E-state index in [1.54, 1.807) is 12.1 Å². The minimum absolute atomic E-state index is 0.0804. The van der Waals surface area contributed by atoms with Gasteiger partial charge in [0.2, 0.25) is 20.0 Å². The Hall–Kier alpha value is -6.84. The number of aromatic nitrogens is 4. The number of halogens is 6. The zero-order valence-corrected chi connectivity index (χ0v) is 39.3. The molecule has 2 saturated heterocycles. The third-order valence-corrected chi connectivity index (χ3v) is 15.1. The summed E-state index contributed by atoms with van der Waals surface area (Å²) in [6.07, 6.45) is -5.28. The van der Waals surface area contributed by atoms with Crippen LogP contribution in [0.2, 0.25) is 0 Å². The summed E-state index contributed by atoms with van der Waals surface area (Å²) in [5.74, 6) is -4.78. The van der Waals surface area contributed by atoms with E-state index in [1.807, 2.05) is 9.80 Å². The van der Waals surface area contributed by atoms with Gasteiger partial charge in [0.25, 0.3) is 0 Å². The van der Waals surface area contributed by atoms with Crippen LogP contribution in [-0.4, -0.2) is 124 Å². The summed E-state index contributed by atoms with van der Waals surface area (Å²) in [5, 5.41) is 5.18. The van der Waals surface area contributed by atoms with Crippen LogP contribution in [0.3, 0.4) is 0 Å². The first-order chi connectivity index (χ1) is 32.6. The van der Waals surface area contributed by atoms with Crippen LogP contribution in [0.4, 0.5) is 82.0 Å². The summed E-state index contributed by atoms with van der Waals surface area (Å²) in [5.41, 5.74) is 6.74. The number of nitrogens with two attached hydrogens (primary N) is 1. The number of carbonyl (C=O) groups is 4. The van der Waals surface area contributed by atoms with Gasteiger partial charge >= 0.3 is 24.4 Å². The number of urea groups is 2. The Balaban J connectivity index is 0.000000212. The Morgan fingerprint density at radius 1 is 0.686 bits per heavy atom. The number of alkyl halides is 6. The van der Waals surface area contributed by atoms with Gasteiger partial charge in [-0.3, -0.25) is 30.0 Å². The highest BCUT2D eigenvalue weighted by Gasteiger charge is 2.44. The third-order valence-electron chi connectivity index (χ3n) is 11.8. The molecule has 20 nitrogen and oxygen atoms in total. The molecular formula is C42H46F6N12O8S2. The lowest BCUT2D eigenvalue weighted by molar-refractivity contribution is -0.169. The molecular weight excluding hydrogens is 979 g/mol. The van der Waals surface area contributed by atoms with Gasteiger partial charge < -0.3 is 15.5 Å². The molecule has 70 heavy (non-hydrogen) atoms. The summed E-state index contributed by atoms with van der Waals surface area (Å²) in [4.78, 5) is 74.8. The first kappa shape index (κ1) is 51.0. The molecule has 4 aliphatic heterocycles. The second kappa shape index (κ2) is 19.2. The van der Waals surface area contributed by atoms with Gasteiger partial charge in [-0.05, 0) is 49.2 Å². The van der Waals surface area contributed by atoms with Crippen molar-refractivity contribution in [2.24, 2.45) is 11.8 Å². The normalized spacial score (nSPS) is 18.2.